The molecule has 79 valence electrons. The van der Waals surface area contributed by atoms with Gasteiger partial charge in [-0.15, -0.1) is 0 Å². The summed E-state index contributed by atoms with van der Waals surface area (Å²) in [6.45, 7) is 8.18. The normalized spacial score (nSPS) is 13.6. The second kappa shape index (κ2) is 8.55. The Morgan fingerprint density at radius 2 is 1.62 bits per heavy atom. The van der Waals surface area contributed by atoms with Crippen molar-refractivity contribution in [2.45, 2.75) is 64.9 Å². The minimum Gasteiger partial charge on any atom is -0.393 e. The summed E-state index contributed by atoms with van der Waals surface area (Å²) in [5.74, 6) is 0.529. The number of aliphatic hydroxyl groups excluding tert-OH is 1. The molecule has 0 aliphatic heterocycles. The summed E-state index contributed by atoms with van der Waals surface area (Å²) in [4.78, 5) is 0. The molecule has 0 spiro atoms. The molecule has 1 radical (unpaired) electrons. The first-order valence-electron chi connectivity index (χ1n) is 5.73. The Kier molecular flexibility index (Phi) is 8.53. The average molecular weight is 185 g/mol. The van der Waals surface area contributed by atoms with Gasteiger partial charge < -0.3 is 5.11 Å². The maximum atomic E-state index is 9.87. The standard InChI is InChI=1S/C12H25O/c1-4-7-10-12(13)11(8-5-2)9-6-3/h11-13H,1,4-10H2,2-3H3. The van der Waals surface area contributed by atoms with Crippen LogP contribution in [0.4, 0.5) is 0 Å². The van der Waals surface area contributed by atoms with E-state index < -0.39 is 0 Å². The van der Waals surface area contributed by atoms with Crippen LogP contribution in [0.3, 0.4) is 0 Å². The number of hydrogen-bond acceptors (Lipinski definition) is 1. The molecule has 1 heteroatoms. The van der Waals surface area contributed by atoms with Crippen LogP contribution < -0.4 is 0 Å². The van der Waals surface area contributed by atoms with E-state index in [1.54, 1.807) is 0 Å². The van der Waals surface area contributed by atoms with Crippen molar-refractivity contribution in [2.75, 3.05) is 0 Å². The van der Waals surface area contributed by atoms with Crippen molar-refractivity contribution < 1.29 is 5.11 Å². The van der Waals surface area contributed by atoms with E-state index in [2.05, 4.69) is 20.8 Å². The zero-order chi connectivity index (χ0) is 10.1. The number of unbranched alkanes of at least 4 members (excludes halogenated alkanes) is 1. The van der Waals surface area contributed by atoms with Gasteiger partial charge >= 0.3 is 0 Å². The van der Waals surface area contributed by atoms with E-state index in [4.69, 9.17) is 0 Å². The van der Waals surface area contributed by atoms with Gasteiger partial charge in [-0.2, -0.15) is 0 Å². The molecule has 0 heterocycles. The summed E-state index contributed by atoms with van der Waals surface area (Å²) in [5, 5.41) is 9.87. The van der Waals surface area contributed by atoms with Gasteiger partial charge in [0.25, 0.3) is 0 Å². The molecule has 13 heavy (non-hydrogen) atoms. The van der Waals surface area contributed by atoms with Crippen molar-refractivity contribution in [3.63, 3.8) is 0 Å². The Bertz CT molecular complexity index is 95.3. The average Bonchev–Trinajstić information content (AvgIpc) is 2.14. The van der Waals surface area contributed by atoms with E-state index in [1.165, 1.54) is 25.7 Å². The first-order chi connectivity index (χ1) is 6.26. The van der Waals surface area contributed by atoms with Crippen LogP contribution >= 0.6 is 0 Å². The van der Waals surface area contributed by atoms with Gasteiger partial charge in [-0.3, -0.25) is 0 Å². The maximum Gasteiger partial charge on any atom is 0.0568 e. The minimum atomic E-state index is -0.0818. The van der Waals surface area contributed by atoms with Crippen LogP contribution in [-0.4, -0.2) is 11.2 Å². The van der Waals surface area contributed by atoms with E-state index in [1.807, 2.05) is 0 Å². The van der Waals surface area contributed by atoms with Crippen LogP contribution in [0.5, 0.6) is 0 Å². The third-order valence-corrected chi connectivity index (χ3v) is 2.61. The zero-order valence-corrected chi connectivity index (χ0v) is 9.26. The maximum absolute atomic E-state index is 9.87. The van der Waals surface area contributed by atoms with Gasteiger partial charge in [-0.1, -0.05) is 46.5 Å². The predicted octanol–water partition coefficient (Wildman–Crippen LogP) is 3.57. The fraction of sp³-hybridized carbons (Fsp3) is 0.917. The quantitative estimate of drug-likeness (QED) is 0.613. The van der Waals surface area contributed by atoms with Crippen LogP contribution in [0.25, 0.3) is 0 Å². The second-order valence-corrected chi connectivity index (χ2v) is 3.90. The van der Waals surface area contributed by atoms with Gasteiger partial charge in [-0.05, 0) is 25.2 Å². The third kappa shape index (κ3) is 6.09. The SMILES string of the molecule is [CH2]CCCC(O)C(CCC)CCC. The fourth-order valence-corrected chi connectivity index (χ4v) is 1.86. The third-order valence-electron chi connectivity index (χ3n) is 2.61. The smallest absolute Gasteiger partial charge is 0.0568 e. The molecular weight excluding hydrogens is 160 g/mol. The summed E-state index contributed by atoms with van der Waals surface area (Å²) < 4.78 is 0. The van der Waals surface area contributed by atoms with Crippen molar-refractivity contribution in [3.05, 3.63) is 6.92 Å². The van der Waals surface area contributed by atoms with Crippen LogP contribution in [0.2, 0.25) is 0 Å². The Labute approximate surface area is 83.5 Å². The molecule has 1 N–H and O–H groups in total. The van der Waals surface area contributed by atoms with E-state index in [-0.39, 0.29) is 6.10 Å². The summed E-state index contributed by atoms with van der Waals surface area (Å²) in [6.07, 6.45) is 7.58. The molecule has 0 aliphatic rings. The molecule has 1 atom stereocenters. The molecule has 1 nitrogen and oxygen atoms in total. The molecule has 0 saturated carbocycles. The summed E-state index contributed by atoms with van der Waals surface area (Å²) in [7, 11) is 0. The van der Waals surface area contributed by atoms with Crippen molar-refractivity contribution in [2.24, 2.45) is 5.92 Å². The molecule has 0 aromatic rings. The minimum absolute atomic E-state index is 0.0818. The van der Waals surface area contributed by atoms with Crippen molar-refractivity contribution in [1.29, 1.82) is 0 Å². The Balaban J connectivity index is 3.72. The van der Waals surface area contributed by atoms with Crippen LogP contribution in [-0.2, 0) is 0 Å². The molecule has 0 rings (SSSR count). The number of rotatable bonds is 8. The molecule has 0 saturated heterocycles. The van der Waals surface area contributed by atoms with Gasteiger partial charge in [0, 0.05) is 0 Å². The number of hydrogen-bond donors (Lipinski definition) is 1. The molecule has 0 fully saturated rings. The zero-order valence-electron chi connectivity index (χ0n) is 9.26. The largest absolute Gasteiger partial charge is 0.393 e. The molecule has 0 aromatic heterocycles. The first kappa shape index (κ1) is 13.0. The highest BCUT2D eigenvalue weighted by atomic mass is 16.3. The van der Waals surface area contributed by atoms with Crippen molar-refractivity contribution in [3.8, 4) is 0 Å². The van der Waals surface area contributed by atoms with E-state index in [0.29, 0.717) is 5.92 Å². The molecule has 0 aromatic carbocycles. The molecular formula is C12H25O. The van der Waals surface area contributed by atoms with E-state index >= 15 is 0 Å². The lowest BCUT2D eigenvalue weighted by atomic mass is 9.90. The van der Waals surface area contributed by atoms with Gasteiger partial charge in [0.15, 0.2) is 0 Å². The van der Waals surface area contributed by atoms with Crippen molar-refractivity contribution >= 4 is 0 Å². The number of aliphatic hydroxyl groups is 1. The highest BCUT2D eigenvalue weighted by Crippen LogP contribution is 2.21. The Morgan fingerprint density at radius 3 is 2.00 bits per heavy atom. The monoisotopic (exact) mass is 185 g/mol. The highest BCUT2D eigenvalue weighted by Gasteiger charge is 2.16. The molecule has 0 bridgehead atoms. The summed E-state index contributed by atoms with van der Waals surface area (Å²) in [5.41, 5.74) is 0. The molecule has 1 unspecified atom stereocenters. The van der Waals surface area contributed by atoms with E-state index in [9.17, 15) is 5.11 Å². The van der Waals surface area contributed by atoms with Gasteiger partial charge in [0.1, 0.15) is 0 Å². The van der Waals surface area contributed by atoms with Crippen LogP contribution in [0.15, 0.2) is 0 Å². The topological polar surface area (TPSA) is 20.2 Å². The molecule has 0 amide bonds. The van der Waals surface area contributed by atoms with Gasteiger partial charge in [0.2, 0.25) is 0 Å². The van der Waals surface area contributed by atoms with Gasteiger partial charge in [-0.25, -0.2) is 0 Å². The predicted molar refractivity (Wildman–Crippen MR) is 58.5 cm³/mol. The van der Waals surface area contributed by atoms with Crippen LogP contribution in [0, 0.1) is 12.8 Å². The van der Waals surface area contributed by atoms with Crippen LogP contribution in [0.1, 0.15) is 58.8 Å². The lowest BCUT2D eigenvalue weighted by Crippen LogP contribution is -2.20. The highest BCUT2D eigenvalue weighted by molar-refractivity contribution is 4.68. The fourth-order valence-electron chi connectivity index (χ4n) is 1.86. The summed E-state index contributed by atoms with van der Waals surface area (Å²) >= 11 is 0. The molecule has 0 aliphatic carbocycles. The lowest BCUT2D eigenvalue weighted by Gasteiger charge is -2.21. The van der Waals surface area contributed by atoms with E-state index in [0.717, 1.165) is 19.3 Å². The Hall–Kier alpha value is -0.0400. The van der Waals surface area contributed by atoms with Crippen molar-refractivity contribution in [1.82, 2.24) is 0 Å². The lowest BCUT2D eigenvalue weighted by molar-refractivity contribution is 0.0862. The Morgan fingerprint density at radius 1 is 1.08 bits per heavy atom. The second-order valence-electron chi connectivity index (χ2n) is 3.90. The van der Waals surface area contributed by atoms with Gasteiger partial charge in [0.05, 0.1) is 6.10 Å². The first-order valence-corrected chi connectivity index (χ1v) is 5.73. The summed E-state index contributed by atoms with van der Waals surface area (Å²) in [6, 6.07) is 0.